The normalized spacial score (nSPS) is 12.9. The summed E-state index contributed by atoms with van der Waals surface area (Å²) in [6.45, 7) is 8.07. The van der Waals surface area contributed by atoms with E-state index in [1.165, 1.54) is 0 Å². The van der Waals surface area contributed by atoms with Crippen LogP contribution in [0.1, 0.15) is 30.9 Å². The van der Waals surface area contributed by atoms with Crippen LogP contribution in [0.2, 0.25) is 0 Å². The molecule has 5 heteroatoms. The van der Waals surface area contributed by atoms with Gasteiger partial charge in [0.05, 0.1) is 18.3 Å². The number of hydrogen-bond acceptors (Lipinski definition) is 4. The Morgan fingerprint density at radius 3 is 2.47 bits per heavy atom. The Morgan fingerprint density at radius 1 is 1.47 bits per heavy atom. The zero-order chi connectivity index (χ0) is 13.2. The Hall–Kier alpha value is -1.36. The van der Waals surface area contributed by atoms with E-state index in [-0.39, 0.29) is 11.8 Å². The maximum Gasteiger partial charge on any atom is 0.239 e. The van der Waals surface area contributed by atoms with Crippen LogP contribution >= 0.6 is 0 Å². The quantitative estimate of drug-likeness (QED) is 0.857. The molecule has 0 aliphatic heterocycles. The van der Waals surface area contributed by atoms with Crippen molar-refractivity contribution >= 4 is 5.91 Å². The van der Waals surface area contributed by atoms with Gasteiger partial charge in [-0.05, 0) is 19.8 Å². The molecule has 1 heterocycles. The molecule has 96 valence electrons. The summed E-state index contributed by atoms with van der Waals surface area (Å²) in [4.78, 5) is 13.6. The van der Waals surface area contributed by atoms with Gasteiger partial charge in [0.25, 0.3) is 0 Å². The molecule has 0 fully saturated rings. The summed E-state index contributed by atoms with van der Waals surface area (Å²) in [6.07, 6.45) is 0. The summed E-state index contributed by atoms with van der Waals surface area (Å²) >= 11 is 0. The minimum absolute atomic E-state index is 0.0556. The largest absolute Gasteiger partial charge is 0.361 e. The highest BCUT2D eigenvalue weighted by Gasteiger charge is 2.22. The van der Waals surface area contributed by atoms with Crippen molar-refractivity contribution < 1.29 is 9.32 Å². The molecule has 1 unspecified atom stereocenters. The molecule has 0 aromatic carbocycles. The molecule has 0 saturated heterocycles. The first-order valence-electron chi connectivity index (χ1n) is 5.77. The van der Waals surface area contributed by atoms with Crippen LogP contribution in [0.5, 0.6) is 0 Å². The lowest BCUT2D eigenvalue weighted by Gasteiger charge is -2.23. The third-order valence-electron chi connectivity index (χ3n) is 2.96. The molecular weight excluding hydrogens is 218 g/mol. The van der Waals surface area contributed by atoms with E-state index in [1.807, 2.05) is 27.7 Å². The SMILES string of the molecule is Cc1noc(C)c1CN(C)C(=O)C(N)C(C)C. The average Bonchev–Trinajstić information content (AvgIpc) is 2.58. The van der Waals surface area contributed by atoms with Crippen LogP contribution in [0, 0.1) is 19.8 Å². The summed E-state index contributed by atoms with van der Waals surface area (Å²) in [5, 5.41) is 3.86. The van der Waals surface area contributed by atoms with Crippen molar-refractivity contribution in [3.63, 3.8) is 0 Å². The number of amides is 1. The second-order valence-corrected chi connectivity index (χ2v) is 4.77. The molecule has 0 saturated carbocycles. The third kappa shape index (κ3) is 3.06. The van der Waals surface area contributed by atoms with Gasteiger partial charge < -0.3 is 15.2 Å². The fraction of sp³-hybridized carbons (Fsp3) is 0.667. The highest BCUT2D eigenvalue weighted by molar-refractivity contribution is 5.81. The van der Waals surface area contributed by atoms with Gasteiger partial charge in [-0.3, -0.25) is 4.79 Å². The highest BCUT2D eigenvalue weighted by Crippen LogP contribution is 2.15. The molecule has 17 heavy (non-hydrogen) atoms. The van der Waals surface area contributed by atoms with Crippen LogP contribution in [-0.4, -0.2) is 29.1 Å². The maximum atomic E-state index is 12.0. The number of hydrogen-bond donors (Lipinski definition) is 1. The summed E-state index contributed by atoms with van der Waals surface area (Å²) in [6, 6.07) is -0.458. The van der Waals surface area contributed by atoms with Crippen molar-refractivity contribution in [2.75, 3.05) is 7.05 Å². The summed E-state index contributed by atoms with van der Waals surface area (Å²) in [5.41, 5.74) is 7.61. The Kier molecular flexibility index (Phi) is 4.28. The van der Waals surface area contributed by atoms with Crippen molar-refractivity contribution in [2.24, 2.45) is 11.7 Å². The van der Waals surface area contributed by atoms with E-state index >= 15 is 0 Å². The second-order valence-electron chi connectivity index (χ2n) is 4.77. The molecule has 1 aromatic heterocycles. The van der Waals surface area contributed by atoms with E-state index in [9.17, 15) is 4.79 Å². The smallest absolute Gasteiger partial charge is 0.239 e. The minimum atomic E-state index is -0.458. The molecule has 0 aliphatic carbocycles. The van der Waals surface area contributed by atoms with Crippen LogP contribution in [0.25, 0.3) is 0 Å². The van der Waals surface area contributed by atoms with Gasteiger partial charge in [-0.15, -0.1) is 0 Å². The Balaban J connectivity index is 2.73. The lowest BCUT2D eigenvalue weighted by molar-refractivity contribution is -0.132. The van der Waals surface area contributed by atoms with Gasteiger partial charge in [0.1, 0.15) is 5.76 Å². The zero-order valence-electron chi connectivity index (χ0n) is 11.2. The summed E-state index contributed by atoms with van der Waals surface area (Å²) in [5.74, 6) is 0.829. The molecule has 1 atom stereocenters. The van der Waals surface area contributed by atoms with Crippen molar-refractivity contribution in [2.45, 2.75) is 40.3 Å². The van der Waals surface area contributed by atoms with Crippen LogP contribution in [0.3, 0.4) is 0 Å². The van der Waals surface area contributed by atoms with Crippen LogP contribution in [-0.2, 0) is 11.3 Å². The van der Waals surface area contributed by atoms with Crippen molar-refractivity contribution in [3.05, 3.63) is 17.0 Å². The summed E-state index contributed by atoms with van der Waals surface area (Å²) < 4.78 is 5.06. The lowest BCUT2D eigenvalue weighted by Crippen LogP contribution is -2.44. The molecule has 0 radical (unpaired) electrons. The molecule has 5 nitrogen and oxygen atoms in total. The number of likely N-dealkylation sites (N-methyl/N-ethyl adjacent to an activating group) is 1. The first-order chi connectivity index (χ1) is 7.84. The molecule has 1 amide bonds. The maximum absolute atomic E-state index is 12.0. The zero-order valence-corrected chi connectivity index (χ0v) is 11.2. The Bertz CT molecular complexity index is 379. The molecule has 2 N–H and O–H groups in total. The Morgan fingerprint density at radius 2 is 2.06 bits per heavy atom. The molecule has 0 spiro atoms. The molecular formula is C12H21N3O2. The number of nitrogens with zero attached hydrogens (tertiary/aromatic N) is 2. The first-order valence-corrected chi connectivity index (χ1v) is 5.77. The van der Waals surface area contributed by atoms with E-state index < -0.39 is 6.04 Å². The number of nitrogens with two attached hydrogens (primary N) is 1. The second kappa shape index (κ2) is 5.31. The van der Waals surface area contributed by atoms with Crippen LogP contribution in [0.15, 0.2) is 4.52 Å². The standard InChI is InChI=1S/C12H21N3O2/c1-7(2)11(13)12(16)15(5)6-10-8(3)14-17-9(10)4/h7,11H,6,13H2,1-5H3. The fourth-order valence-electron chi connectivity index (χ4n) is 1.58. The lowest BCUT2D eigenvalue weighted by atomic mass is 10.0. The van der Waals surface area contributed by atoms with Gasteiger partial charge in [0, 0.05) is 12.6 Å². The monoisotopic (exact) mass is 239 g/mol. The third-order valence-corrected chi connectivity index (χ3v) is 2.96. The number of aromatic nitrogens is 1. The fourth-order valence-corrected chi connectivity index (χ4v) is 1.58. The van der Waals surface area contributed by atoms with Gasteiger partial charge in [-0.2, -0.15) is 0 Å². The predicted molar refractivity (Wildman–Crippen MR) is 65.3 cm³/mol. The molecule has 1 aromatic rings. The van der Waals surface area contributed by atoms with E-state index in [2.05, 4.69) is 5.16 Å². The molecule has 0 aliphatic rings. The number of carbonyl (C=O) groups is 1. The van der Waals surface area contributed by atoms with Gasteiger partial charge >= 0.3 is 0 Å². The van der Waals surface area contributed by atoms with Crippen LogP contribution in [0.4, 0.5) is 0 Å². The number of carbonyl (C=O) groups excluding carboxylic acids is 1. The molecule has 1 rings (SSSR count). The van der Waals surface area contributed by atoms with Crippen LogP contribution < -0.4 is 5.73 Å². The van der Waals surface area contributed by atoms with E-state index in [0.717, 1.165) is 17.0 Å². The van der Waals surface area contributed by atoms with E-state index in [1.54, 1.807) is 11.9 Å². The van der Waals surface area contributed by atoms with E-state index in [0.29, 0.717) is 6.54 Å². The molecule has 0 bridgehead atoms. The Labute approximate surface area is 102 Å². The highest BCUT2D eigenvalue weighted by atomic mass is 16.5. The van der Waals surface area contributed by atoms with Crippen molar-refractivity contribution in [1.82, 2.24) is 10.1 Å². The predicted octanol–water partition coefficient (Wildman–Crippen LogP) is 1.23. The van der Waals surface area contributed by atoms with E-state index in [4.69, 9.17) is 10.3 Å². The minimum Gasteiger partial charge on any atom is -0.361 e. The first kappa shape index (κ1) is 13.7. The van der Waals surface area contributed by atoms with Gasteiger partial charge in [-0.1, -0.05) is 19.0 Å². The average molecular weight is 239 g/mol. The van der Waals surface area contributed by atoms with Gasteiger partial charge in [-0.25, -0.2) is 0 Å². The van der Waals surface area contributed by atoms with Gasteiger partial charge in [0.2, 0.25) is 5.91 Å². The van der Waals surface area contributed by atoms with Gasteiger partial charge in [0.15, 0.2) is 0 Å². The summed E-state index contributed by atoms with van der Waals surface area (Å²) in [7, 11) is 1.75. The number of aryl methyl sites for hydroxylation is 2. The number of rotatable bonds is 4. The van der Waals surface area contributed by atoms with Crippen molar-refractivity contribution in [1.29, 1.82) is 0 Å². The van der Waals surface area contributed by atoms with Crippen molar-refractivity contribution in [3.8, 4) is 0 Å². The topological polar surface area (TPSA) is 72.4 Å².